The number of rotatable bonds is 7. The van der Waals surface area contributed by atoms with Crippen LogP contribution in [-0.2, 0) is 14.8 Å². The maximum absolute atomic E-state index is 13.8. The van der Waals surface area contributed by atoms with Crippen molar-refractivity contribution in [3.63, 3.8) is 0 Å². The summed E-state index contributed by atoms with van der Waals surface area (Å²) in [6.45, 7) is 3.88. The van der Waals surface area contributed by atoms with Gasteiger partial charge in [0.05, 0.1) is 24.3 Å². The predicted molar refractivity (Wildman–Crippen MR) is 78.3 cm³/mol. The molecular formula is C13H21FN2O4S. The third-order valence-electron chi connectivity index (χ3n) is 2.95. The smallest absolute Gasteiger partial charge is 0.243 e. The molecule has 0 aliphatic carbocycles. The Labute approximate surface area is 124 Å². The summed E-state index contributed by atoms with van der Waals surface area (Å²) < 4.78 is 50.0. The lowest BCUT2D eigenvalue weighted by Gasteiger charge is -2.26. The van der Waals surface area contributed by atoms with Crippen molar-refractivity contribution in [3.8, 4) is 5.75 Å². The molecule has 120 valence electrons. The van der Waals surface area contributed by atoms with E-state index in [4.69, 9.17) is 15.2 Å². The summed E-state index contributed by atoms with van der Waals surface area (Å²) in [5, 5.41) is 0. The van der Waals surface area contributed by atoms with E-state index in [1.54, 1.807) is 13.8 Å². The van der Waals surface area contributed by atoms with E-state index in [1.807, 2.05) is 0 Å². The molecule has 0 atom stereocenters. The Morgan fingerprint density at radius 2 is 1.95 bits per heavy atom. The second kappa shape index (κ2) is 7.06. The first-order valence-electron chi connectivity index (χ1n) is 6.39. The van der Waals surface area contributed by atoms with Gasteiger partial charge in [0.15, 0.2) is 11.6 Å². The van der Waals surface area contributed by atoms with E-state index in [-0.39, 0.29) is 35.5 Å². The van der Waals surface area contributed by atoms with Crippen molar-refractivity contribution >= 4 is 15.7 Å². The molecule has 0 aliphatic rings. The van der Waals surface area contributed by atoms with E-state index < -0.39 is 15.8 Å². The summed E-state index contributed by atoms with van der Waals surface area (Å²) in [7, 11) is -1.12. The molecule has 0 fully saturated rings. The molecule has 0 bridgehead atoms. The summed E-state index contributed by atoms with van der Waals surface area (Å²) in [5.41, 5.74) is 5.57. The third-order valence-corrected chi connectivity index (χ3v) is 5.00. The highest BCUT2D eigenvalue weighted by molar-refractivity contribution is 7.89. The lowest BCUT2D eigenvalue weighted by atomic mass is 10.3. The molecule has 0 saturated heterocycles. The first-order valence-corrected chi connectivity index (χ1v) is 7.83. The molecule has 21 heavy (non-hydrogen) atoms. The van der Waals surface area contributed by atoms with Gasteiger partial charge < -0.3 is 15.2 Å². The molecule has 1 aromatic carbocycles. The summed E-state index contributed by atoms with van der Waals surface area (Å²) in [4.78, 5) is -0.205. The van der Waals surface area contributed by atoms with Gasteiger partial charge in [-0.05, 0) is 26.0 Å². The Morgan fingerprint density at radius 1 is 1.33 bits per heavy atom. The van der Waals surface area contributed by atoms with Crippen LogP contribution in [0.25, 0.3) is 0 Å². The maximum Gasteiger partial charge on any atom is 0.243 e. The zero-order valence-electron chi connectivity index (χ0n) is 12.6. The fraction of sp³-hybridized carbons (Fsp3) is 0.538. The molecule has 6 nitrogen and oxygen atoms in total. The number of sulfonamides is 1. The fourth-order valence-corrected chi connectivity index (χ4v) is 3.59. The number of nitrogens with zero attached hydrogens (tertiary/aromatic N) is 1. The Bertz CT molecular complexity index is 567. The number of halogens is 1. The summed E-state index contributed by atoms with van der Waals surface area (Å²) in [5.74, 6) is -0.978. The highest BCUT2D eigenvalue weighted by atomic mass is 32.2. The SMILES string of the molecule is COCCN(C(C)C)S(=O)(=O)c1cc(N)c(OC)c(F)c1. The van der Waals surface area contributed by atoms with Crippen molar-refractivity contribution in [2.24, 2.45) is 0 Å². The fourth-order valence-electron chi connectivity index (χ4n) is 1.93. The molecule has 0 aliphatic heterocycles. The van der Waals surface area contributed by atoms with Crippen LogP contribution in [0.1, 0.15) is 13.8 Å². The third kappa shape index (κ3) is 3.84. The molecule has 0 amide bonds. The van der Waals surface area contributed by atoms with Crippen LogP contribution in [0.5, 0.6) is 5.75 Å². The van der Waals surface area contributed by atoms with Crippen molar-refractivity contribution < 1.29 is 22.3 Å². The number of anilines is 1. The predicted octanol–water partition coefficient (Wildman–Crippen LogP) is 1.46. The van der Waals surface area contributed by atoms with Gasteiger partial charge >= 0.3 is 0 Å². The summed E-state index contributed by atoms with van der Waals surface area (Å²) >= 11 is 0. The van der Waals surface area contributed by atoms with E-state index in [0.29, 0.717) is 0 Å². The van der Waals surface area contributed by atoms with Gasteiger partial charge in [0.1, 0.15) is 0 Å². The minimum atomic E-state index is -3.86. The zero-order chi connectivity index (χ0) is 16.2. The van der Waals surface area contributed by atoms with Crippen molar-refractivity contribution in [1.82, 2.24) is 4.31 Å². The number of hydrogen-bond acceptors (Lipinski definition) is 5. The number of ether oxygens (including phenoxy) is 2. The van der Waals surface area contributed by atoms with Gasteiger partial charge in [-0.2, -0.15) is 4.31 Å². The number of nitrogens with two attached hydrogens (primary N) is 1. The molecule has 1 rings (SSSR count). The molecule has 1 aromatic rings. The van der Waals surface area contributed by atoms with Crippen LogP contribution in [0, 0.1) is 5.82 Å². The standard InChI is InChI=1S/C13H21FN2O4S/c1-9(2)16(5-6-19-3)21(17,18)10-7-11(14)13(20-4)12(15)8-10/h7-9H,5-6,15H2,1-4H3. The quantitative estimate of drug-likeness (QED) is 0.769. The zero-order valence-corrected chi connectivity index (χ0v) is 13.4. The van der Waals surface area contributed by atoms with Crippen LogP contribution in [0.4, 0.5) is 10.1 Å². The van der Waals surface area contributed by atoms with E-state index >= 15 is 0 Å². The molecule has 0 unspecified atom stereocenters. The first kappa shape index (κ1) is 17.7. The van der Waals surface area contributed by atoms with Crippen molar-refractivity contribution in [3.05, 3.63) is 17.9 Å². The monoisotopic (exact) mass is 320 g/mol. The molecule has 0 heterocycles. The van der Waals surface area contributed by atoms with Crippen LogP contribution in [0.3, 0.4) is 0 Å². The Hall–Kier alpha value is -1.38. The Kier molecular flexibility index (Phi) is 5.94. The van der Waals surface area contributed by atoms with Crippen LogP contribution < -0.4 is 10.5 Å². The molecule has 0 saturated carbocycles. The minimum Gasteiger partial charge on any atom is -0.492 e. The lowest BCUT2D eigenvalue weighted by Crippen LogP contribution is -2.39. The topological polar surface area (TPSA) is 81.9 Å². The second-order valence-corrected chi connectivity index (χ2v) is 6.62. The van der Waals surface area contributed by atoms with Gasteiger partial charge in [-0.3, -0.25) is 0 Å². The van der Waals surface area contributed by atoms with E-state index in [2.05, 4.69) is 0 Å². The molecule has 0 spiro atoms. The maximum atomic E-state index is 13.8. The van der Waals surface area contributed by atoms with Gasteiger partial charge in [-0.15, -0.1) is 0 Å². The Balaban J connectivity index is 3.28. The van der Waals surface area contributed by atoms with Crippen LogP contribution in [0.2, 0.25) is 0 Å². The van der Waals surface area contributed by atoms with Gasteiger partial charge in [0.2, 0.25) is 10.0 Å². The van der Waals surface area contributed by atoms with Crippen molar-refractivity contribution in [1.29, 1.82) is 0 Å². The highest BCUT2D eigenvalue weighted by Crippen LogP contribution is 2.30. The van der Waals surface area contributed by atoms with Crippen molar-refractivity contribution in [2.75, 3.05) is 33.1 Å². The Morgan fingerprint density at radius 3 is 2.38 bits per heavy atom. The molecular weight excluding hydrogens is 299 g/mol. The lowest BCUT2D eigenvalue weighted by molar-refractivity contribution is 0.171. The molecule has 0 aromatic heterocycles. The van der Waals surface area contributed by atoms with Crippen LogP contribution >= 0.6 is 0 Å². The number of methoxy groups -OCH3 is 2. The summed E-state index contributed by atoms with van der Waals surface area (Å²) in [6, 6.07) is 1.81. The van der Waals surface area contributed by atoms with Gasteiger partial charge in [0.25, 0.3) is 0 Å². The normalized spacial score (nSPS) is 12.1. The van der Waals surface area contributed by atoms with E-state index in [0.717, 1.165) is 6.07 Å². The second-order valence-electron chi connectivity index (χ2n) is 4.73. The molecule has 2 N–H and O–H groups in total. The van der Waals surface area contributed by atoms with E-state index in [9.17, 15) is 12.8 Å². The van der Waals surface area contributed by atoms with Crippen LogP contribution in [0.15, 0.2) is 17.0 Å². The largest absolute Gasteiger partial charge is 0.492 e. The van der Waals surface area contributed by atoms with Gasteiger partial charge in [-0.25, -0.2) is 12.8 Å². The number of hydrogen-bond donors (Lipinski definition) is 1. The van der Waals surface area contributed by atoms with E-state index in [1.165, 1.54) is 24.6 Å². The van der Waals surface area contributed by atoms with Crippen molar-refractivity contribution in [2.45, 2.75) is 24.8 Å². The molecule has 0 radical (unpaired) electrons. The number of nitrogen functional groups attached to an aromatic ring is 1. The first-order chi connectivity index (χ1) is 9.75. The minimum absolute atomic E-state index is 0.0634. The average Bonchev–Trinajstić information content (AvgIpc) is 2.38. The van der Waals surface area contributed by atoms with Crippen LogP contribution in [-0.4, -0.2) is 46.1 Å². The number of benzene rings is 1. The van der Waals surface area contributed by atoms with Gasteiger partial charge in [-0.1, -0.05) is 0 Å². The van der Waals surface area contributed by atoms with Gasteiger partial charge in [0, 0.05) is 19.7 Å². The average molecular weight is 320 g/mol. The highest BCUT2D eigenvalue weighted by Gasteiger charge is 2.28. The molecule has 8 heteroatoms. The summed E-state index contributed by atoms with van der Waals surface area (Å²) in [6.07, 6.45) is 0.